The second kappa shape index (κ2) is 20.4. The molecule has 0 amide bonds. The quantitative estimate of drug-likeness (QED) is 0.114. The van der Waals surface area contributed by atoms with E-state index in [1.165, 1.54) is 50.2 Å². The highest BCUT2D eigenvalue weighted by Crippen LogP contribution is 2.47. The Hall–Kier alpha value is -9.59. The first-order valence-electron chi connectivity index (χ1n) is 29.3. The minimum absolute atomic E-state index is 0.185. The summed E-state index contributed by atoms with van der Waals surface area (Å²) in [7, 11) is 0. The lowest BCUT2D eigenvalue weighted by Crippen LogP contribution is -2.09. The minimum Gasteiger partial charge on any atom is -0.457 e. The Morgan fingerprint density at radius 1 is 0.373 bits per heavy atom. The van der Waals surface area contributed by atoms with Crippen LogP contribution in [-0.2, 0) is 0 Å². The van der Waals surface area contributed by atoms with Gasteiger partial charge in [-0.3, -0.25) is 14.1 Å². The smallest absolute Gasteiger partial charge is 0.149 e. The summed E-state index contributed by atoms with van der Waals surface area (Å²) in [5, 5.41) is 5.17. The number of pyridine rings is 1. The molecule has 0 aliphatic heterocycles. The summed E-state index contributed by atoms with van der Waals surface area (Å²) in [5.41, 5.74) is 21.3. The lowest BCUT2D eigenvalue weighted by atomic mass is 9.88. The topological polar surface area (TPSA) is 70.9 Å². The highest BCUT2D eigenvalue weighted by atomic mass is 16.5. The van der Waals surface area contributed by atoms with Crippen LogP contribution in [0.4, 0.5) is 0 Å². The summed E-state index contributed by atoms with van der Waals surface area (Å²) in [6, 6.07) is 73.8. The number of rotatable bonds is 12. The van der Waals surface area contributed by atoms with Gasteiger partial charge >= 0.3 is 0 Å². The Kier molecular flexibility index (Phi) is 12.7. The van der Waals surface area contributed by atoms with E-state index in [9.17, 15) is 0 Å². The van der Waals surface area contributed by atoms with Gasteiger partial charge in [-0.15, -0.1) is 0 Å². The molecule has 0 radical (unpaired) electrons. The predicted octanol–water partition coefficient (Wildman–Crippen LogP) is 21.2. The molecule has 0 aliphatic rings. The SMILES string of the molecule is Cc1ccc2cc3cc4c(cc3cc2n1)oc1c(-c2nc3ccccc3n2-c2c(C(C)C)cc(-c3ccccc3)cc2C(C)C)cc(Oc2cccc(-c3nc5ccccc5n3-c3c(C(C)C)cc(-c5ccccc5)cc3C(C)C)c2)cc14. The molecule has 4 heterocycles. The van der Waals surface area contributed by atoms with Gasteiger partial charge in [0.15, 0.2) is 0 Å². The van der Waals surface area contributed by atoms with Crippen molar-refractivity contribution in [2.75, 3.05) is 0 Å². The second-order valence-corrected chi connectivity index (χ2v) is 23.6. The Morgan fingerprint density at radius 3 is 1.47 bits per heavy atom. The van der Waals surface area contributed by atoms with Gasteiger partial charge in [-0.1, -0.05) is 159 Å². The first-order chi connectivity index (χ1) is 40.3. The van der Waals surface area contributed by atoms with Crippen LogP contribution in [0.1, 0.15) is 107 Å². The number of fused-ring (bicyclic) bond motifs is 7. The number of hydrogen-bond acceptors (Lipinski definition) is 5. The van der Waals surface area contributed by atoms with E-state index in [1.54, 1.807) is 0 Å². The maximum absolute atomic E-state index is 7.28. The number of benzene rings is 10. The molecule has 14 rings (SSSR count). The number of hydrogen-bond donors (Lipinski definition) is 0. The van der Waals surface area contributed by atoms with Crippen molar-refractivity contribution in [3.8, 4) is 67.9 Å². The maximum atomic E-state index is 7.28. The van der Waals surface area contributed by atoms with Crippen molar-refractivity contribution in [3.63, 3.8) is 0 Å². The minimum atomic E-state index is 0.185. The number of imidazole rings is 2. The molecule has 7 heteroatoms. The van der Waals surface area contributed by atoms with Crippen molar-refractivity contribution in [2.24, 2.45) is 0 Å². The van der Waals surface area contributed by atoms with E-state index in [2.05, 4.69) is 265 Å². The van der Waals surface area contributed by atoms with Crippen LogP contribution in [0.15, 0.2) is 211 Å². The number of aromatic nitrogens is 5. The van der Waals surface area contributed by atoms with Crippen LogP contribution in [0.25, 0.3) is 122 Å². The Bertz CT molecular complexity index is 4790. The largest absolute Gasteiger partial charge is 0.457 e. The molecule has 0 saturated heterocycles. The van der Waals surface area contributed by atoms with E-state index in [-0.39, 0.29) is 23.7 Å². The van der Waals surface area contributed by atoms with Crippen molar-refractivity contribution in [1.82, 2.24) is 24.1 Å². The van der Waals surface area contributed by atoms with Crippen molar-refractivity contribution in [1.29, 1.82) is 0 Å². The normalized spacial score (nSPS) is 12.1. The molecule has 0 fully saturated rings. The number of furan rings is 1. The summed E-state index contributed by atoms with van der Waals surface area (Å²) < 4.78 is 19.3. The molecule has 0 atom stereocenters. The monoisotopic (exact) mass is 1080 g/mol. The molecule has 7 nitrogen and oxygen atoms in total. The zero-order valence-corrected chi connectivity index (χ0v) is 48.5. The number of nitrogens with zero attached hydrogens (tertiary/aromatic N) is 5. The van der Waals surface area contributed by atoms with Gasteiger partial charge in [0, 0.05) is 27.4 Å². The second-order valence-electron chi connectivity index (χ2n) is 23.6. The highest BCUT2D eigenvalue weighted by molar-refractivity contribution is 6.15. The third-order valence-corrected chi connectivity index (χ3v) is 16.6. The molecular formula is C76H65N5O2. The first-order valence-corrected chi connectivity index (χ1v) is 29.3. The molecule has 4 aromatic heterocycles. The number of para-hydroxylation sites is 4. The van der Waals surface area contributed by atoms with Crippen LogP contribution in [0.2, 0.25) is 0 Å². The lowest BCUT2D eigenvalue weighted by Gasteiger charge is -2.24. The maximum Gasteiger partial charge on any atom is 0.149 e. The average Bonchev–Trinajstić information content (AvgIpc) is 2.32. The fraction of sp³-hybridized carbons (Fsp3) is 0.171. The van der Waals surface area contributed by atoms with Gasteiger partial charge in [-0.2, -0.15) is 0 Å². The molecule has 83 heavy (non-hydrogen) atoms. The fourth-order valence-corrected chi connectivity index (χ4v) is 12.5. The zero-order chi connectivity index (χ0) is 56.8. The summed E-state index contributed by atoms with van der Waals surface area (Å²) in [5.74, 6) is 3.79. The molecule has 0 spiro atoms. The first kappa shape index (κ1) is 51.5. The van der Waals surface area contributed by atoms with Gasteiger partial charge in [0.05, 0.1) is 44.5 Å². The van der Waals surface area contributed by atoms with Gasteiger partial charge in [0.25, 0.3) is 0 Å². The third kappa shape index (κ3) is 9.03. The predicted molar refractivity (Wildman–Crippen MR) is 345 cm³/mol. The molecule has 406 valence electrons. The molecular weight excluding hydrogens is 1010 g/mol. The average molecular weight is 1080 g/mol. The summed E-state index contributed by atoms with van der Waals surface area (Å²) in [6.07, 6.45) is 0. The highest BCUT2D eigenvalue weighted by Gasteiger charge is 2.28. The van der Waals surface area contributed by atoms with Gasteiger partial charge in [-0.05, 0) is 189 Å². The van der Waals surface area contributed by atoms with Gasteiger partial charge in [0.2, 0.25) is 0 Å². The molecule has 0 aliphatic carbocycles. The molecule has 10 aromatic carbocycles. The van der Waals surface area contributed by atoms with Crippen LogP contribution >= 0.6 is 0 Å². The molecule has 0 N–H and O–H groups in total. The van der Waals surface area contributed by atoms with Crippen LogP contribution in [0.3, 0.4) is 0 Å². The van der Waals surface area contributed by atoms with Crippen LogP contribution in [0, 0.1) is 6.92 Å². The molecule has 0 saturated carbocycles. The van der Waals surface area contributed by atoms with E-state index in [0.29, 0.717) is 11.5 Å². The number of ether oxygens (including phenoxy) is 1. The zero-order valence-electron chi connectivity index (χ0n) is 48.5. The summed E-state index contributed by atoms with van der Waals surface area (Å²) >= 11 is 0. The fourth-order valence-electron chi connectivity index (χ4n) is 12.5. The van der Waals surface area contributed by atoms with Gasteiger partial charge < -0.3 is 9.15 Å². The van der Waals surface area contributed by atoms with Crippen LogP contribution in [0.5, 0.6) is 11.5 Å². The molecule has 0 unspecified atom stereocenters. The Morgan fingerprint density at radius 2 is 0.892 bits per heavy atom. The van der Waals surface area contributed by atoms with Crippen molar-refractivity contribution in [3.05, 3.63) is 234 Å². The van der Waals surface area contributed by atoms with E-state index in [4.69, 9.17) is 24.1 Å². The van der Waals surface area contributed by atoms with Crippen LogP contribution in [-0.4, -0.2) is 24.1 Å². The standard InChI is InChI=1S/C76H65N5O2/c1-44(2)59-35-54(49-21-12-10-13-22-49)36-60(45(3)4)72(59)80-69-29-18-16-27-66(69)78-75(80)52-25-20-26-57(34-52)82-58-42-64-63-39-53-33-51-32-31-48(9)77-68(51)40-56(53)41-71(63)83-74(64)65(43-58)76-79-67-28-17-19-30-70(67)81(76)73-61(46(5)6)37-55(38-62(73)47(7)8)50-23-14-11-15-24-50/h10-47H,1-9H3. The lowest BCUT2D eigenvalue weighted by molar-refractivity contribution is 0.483. The van der Waals surface area contributed by atoms with Crippen molar-refractivity contribution in [2.45, 2.75) is 86.0 Å². The van der Waals surface area contributed by atoms with E-state index in [1.807, 2.05) is 13.0 Å². The summed E-state index contributed by atoms with van der Waals surface area (Å²) in [4.78, 5) is 16.0. The van der Waals surface area contributed by atoms with Gasteiger partial charge in [0.1, 0.15) is 34.3 Å². The molecule has 0 bridgehead atoms. The number of aryl methyl sites for hydroxylation is 1. The van der Waals surface area contributed by atoms with Crippen LogP contribution < -0.4 is 4.74 Å². The third-order valence-electron chi connectivity index (χ3n) is 16.6. The van der Waals surface area contributed by atoms with E-state index >= 15 is 0 Å². The van der Waals surface area contributed by atoms with E-state index < -0.39 is 0 Å². The van der Waals surface area contributed by atoms with Crippen molar-refractivity contribution >= 4 is 65.7 Å². The Labute approximate surface area is 484 Å². The summed E-state index contributed by atoms with van der Waals surface area (Å²) in [6.45, 7) is 20.4. The van der Waals surface area contributed by atoms with Crippen molar-refractivity contribution < 1.29 is 9.15 Å². The molecule has 14 aromatic rings. The Balaban J connectivity index is 0.988. The van der Waals surface area contributed by atoms with Gasteiger partial charge in [-0.25, -0.2) is 9.97 Å². The van der Waals surface area contributed by atoms with E-state index in [0.717, 1.165) is 99.8 Å².